The Hall–Kier alpha value is -3.18. The Labute approximate surface area is 189 Å². The summed E-state index contributed by atoms with van der Waals surface area (Å²) >= 11 is 0. The van der Waals surface area contributed by atoms with E-state index in [0.717, 1.165) is 46.4 Å². The second-order valence-corrected chi connectivity index (χ2v) is 9.17. The molecule has 5 heteroatoms. The molecule has 5 nitrogen and oxygen atoms in total. The Kier molecular flexibility index (Phi) is 5.22. The minimum atomic E-state index is -0.397. The number of hydrogen-bond acceptors (Lipinski definition) is 4. The molecule has 1 aliphatic rings. The maximum absolute atomic E-state index is 5.69. The number of ether oxygens (including phenoxy) is 1. The van der Waals surface area contributed by atoms with E-state index in [1.54, 1.807) is 7.11 Å². The maximum atomic E-state index is 5.69. The first-order chi connectivity index (χ1) is 15.5. The topological polar surface area (TPSA) is 43.2 Å². The van der Waals surface area contributed by atoms with Gasteiger partial charge in [-0.05, 0) is 56.5 Å². The molecule has 0 saturated carbocycles. The van der Waals surface area contributed by atoms with Crippen LogP contribution in [0.4, 0.5) is 5.69 Å². The second kappa shape index (κ2) is 8.06. The van der Waals surface area contributed by atoms with Crippen LogP contribution in [0, 0.1) is 0 Å². The molecule has 4 heterocycles. The van der Waals surface area contributed by atoms with E-state index in [1.807, 2.05) is 25.6 Å². The van der Waals surface area contributed by atoms with Crippen molar-refractivity contribution < 1.29 is 4.74 Å². The van der Waals surface area contributed by atoms with Crippen LogP contribution in [0.5, 0.6) is 0 Å². The van der Waals surface area contributed by atoms with Crippen molar-refractivity contribution in [3.8, 4) is 22.3 Å². The van der Waals surface area contributed by atoms with Crippen molar-refractivity contribution in [1.82, 2.24) is 14.5 Å². The lowest BCUT2D eigenvalue weighted by Gasteiger charge is -2.23. The fourth-order valence-electron chi connectivity index (χ4n) is 4.52. The van der Waals surface area contributed by atoms with E-state index in [-0.39, 0.29) is 0 Å². The van der Waals surface area contributed by atoms with Gasteiger partial charge in [-0.25, -0.2) is 4.98 Å². The lowest BCUT2D eigenvalue weighted by Crippen LogP contribution is -2.19. The van der Waals surface area contributed by atoms with Crippen molar-refractivity contribution in [2.24, 2.45) is 7.05 Å². The smallest absolute Gasteiger partial charge is 0.140 e. The molecule has 3 aromatic heterocycles. The Bertz CT molecular complexity index is 1250. The fraction of sp³-hybridized carbons (Fsp3) is 0.333. The lowest BCUT2D eigenvalue weighted by molar-refractivity contribution is 0.0191. The summed E-state index contributed by atoms with van der Waals surface area (Å²) in [5.41, 5.74) is 7.45. The molecular formula is C27H30N4O. The summed E-state index contributed by atoms with van der Waals surface area (Å²) in [5.74, 6) is 0. The molecule has 1 fully saturated rings. The molecule has 0 aliphatic carbocycles. The van der Waals surface area contributed by atoms with Gasteiger partial charge in [0.15, 0.2) is 0 Å². The molecule has 32 heavy (non-hydrogen) atoms. The van der Waals surface area contributed by atoms with E-state index < -0.39 is 5.60 Å². The van der Waals surface area contributed by atoms with Crippen molar-refractivity contribution in [3.05, 3.63) is 66.7 Å². The highest BCUT2D eigenvalue weighted by Gasteiger charge is 2.22. The molecule has 1 saturated heterocycles. The van der Waals surface area contributed by atoms with Crippen LogP contribution in [-0.2, 0) is 17.4 Å². The summed E-state index contributed by atoms with van der Waals surface area (Å²) in [7, 11) is 3.77. The van der Waals surface area contributed by atoms with Crippen LogP contribution >= 0.6 is 0 Å². The van der Waals surface area contributed by atoms with Gasteiger partial charge in [-0.2, -0.15) is 0 Å². The molecule has 0 spiro atoms. The molecule has 0 unspecified atom stereocenters. The van der Waals surface area contributed by atoms with Gasteiger partial charge in [0.25, 0.3) is 0 Å². The predicted molar refractivity (Wildman–Crippen MR) is 131 cm³/mol. The fourth-order valence-corrected chi connectivity index (χ4v) is 4.52. The molecule has 4 aromatic rings. The van der Waals surface area contributed by atoms with Crippen LogP contribution in [-0.4, -0.2) is 34.7 Å². The van der Waals surface area contributed by atoms with E-state index in [2.05, 4.69) is 70.9 Å². The first-order valence-corrected chi connectivity index (χ1v) is 11.3. The van der Waals surface area contributed by atoms with Crippen molar-refractivity contribution >= 4 is 16.7 Å². The average Bonchev–Trinajstić information content (AvgIpc) is 3.48. The van der Waals surface area contributed by atoms with Gasteiger partial charge >= 0.3 is 0 Å². The van der Waals surface area contributed by atoms with Gasteiger partial charge < -0.3 is 14.2 Å². The standard InChI is InChI=1S/C27H30N4O/c1-27(2,32-4)22-14-24-25(18-30(3)26(24)29-17-22)21-13-20(15-28-16-21)19-7-9-23(10-8-19)31-11-5-6-12-31/h7-10,13-18H,5-6,11-12H2,1-4H3. The summed E-state index contributed by atoms with van der Waals surface area (Å²) in [5, 5.41) is 1.11. The zero-order valence-corrected chi connectivity index (χ0v) is 19.3. The third-order valence-electron chi connectivity index (χ3n) is 6.74. The number of anilines is 1. The molecule has 1 aromatic carbocycles. The first kappa shape index (κ1) is 20.7. The van der Waals surface area contributed by atoms with E-state index >= 15 is 0 Å². The lowest BCUT2D eigenvalue weighted by atomic mass is 9.97. The van der Waals surface area contributed by atoms with E-state index in [1.165, 1.54) is 24.1 Å². The number of fused-ring (bicyclic) bond motifs is 1. The Balaban J connectivity index is 1.53. The summed E-state index contributed by atoms with van der Waals surface area (Å²) in [6.45, 7) is 6.44. The number of benzene rings is 1. The summed E-state index contributed by atoms with van der Waals surface area (Å²) in [6, 6.07) is 13.3. The zero-order chi connectivity index (χ0) is 22.3. The third-order valence-corrected chi connectivity index (χ3v) is 6.74. The number of aryl methyl sites for hydroxylation is 1. The molecule has 0 N–H and O–H groups in total. The van der Waals surface area contributed by atoms with Gasteiger partial charge in [0.1, 0.15) is 5.65 Å². The quantitative estimate of drug-likeness (QED) is 0.405. The normalized spacial score (nSPS) is 14.4. The van der Waals surface area contributed by atoms with Gasteiger partial charge in [-0.3, -0.25) is 4.98 Å². The average molecular weight is 427 g/mol. The summed E-state index contributed by atoms with van der Waals surface area (Å²) in [4.78, 5) is 11.8. The number of methoxy groups -OCH3 is 1. The summed E-state index contributed by atoms with van der Waals surface area (Å²) in [6.07, 6.45) is 10.5. The van der Waals surface area contributed by atoms with Crippen LogP contribution in [0.15, 0.2) is 61.2 Å². The van der Waals surface area contributed by atoms with Gasteiger partial charge in [0.05, 0.1) is 5.60 Å². The van der Waals surface area contributed by atoms with Crippen molar-refractivity contribution in [1.29, 1.82) is 0 Å². The van der Waals surface area contributed by atoms with Gasteiger partial charge in [0.2, 0.25) is 0 Å². The first-order valence-electron chi connectivity index (χ1n) is 11.3. The molecule has 1 aliphatic heterocycles. The number of nitrogens with zero attached hydrogens (tertiary/aromatic N) is 4. The minimum absolute atomic E-state index is 0.397. The highest BCUT2D eigenvalue weighted by molar-refractivity contribution is 5.95. The molecule has 0 bridgehead atoms. The van der Waals surface area contributed by atoms with E-state index in [4.69, 9.17) is 9.72 Å². The number of pyridine rings is 2. The molecule has 0 radical (unpaired) electrons. The molecule has 0 amide bonds. The SMILES string of the molecule is COC(C)(C)c1cnc2c(c1)c(-c1cncc(-c3ccc(N4CCCC4)cc3)c1)cn2C. The molecule has 164 valence electrons. The highest BCUT2D eigenvalue weighted by Crippen LogP contribution is 2.34. The highest BCUT2D eigenvalue weighted by atomic mass is 16.5. The van der Waals surface area contributed by atoms with Crippen molar-refractivity contribution in [3.63, 3.8) is 0 Å². The minimum Gasteiger partial charge on any atom is -0.374 e. The van der Waals surface area contributed by atoms with Crippen LogP contribution in [0.3, 0.4) is 0 Å². The van der Waals surface area contributed by atoms with Gasteiger partial charge in [-0.1, -0.05) is 12.1 Å². The van der Waals surface area contributed by atoms with Crippen LogP contribution in [0.2, 0.25) is 0 Å². The predicted octanol–water partition coefficient (Wildman–Crippen LogP) is 5.78. The van der Waals surface area contributed by atoms with E-state index in [9.17, 15) is 0 Å². The Morgan fingerprint density at radius 2 is 1.62 bits per heavy atom. The van der Waals surface area contributed by atoms with E-state index in [0.29, 0.717) is 0 Å². The number of aromatic nitrogens is 3. The molecule has 0 atom stereocenters. The molecule has 5 rings (SSSR count). The monoisotopic (exact) mass is 426 g/mol. The largest absolute Gasteiger partial charge is 0.374 e. The Morgan fingerprint density at radius 1 is 0.906 bits per heavy atom. The van der Waals surface area contributed by atoms with Gasteiger partial charge in [0, 0.05) is 85.4 Å². The molecular weight excluding hydrogens is 396 g/mol. The van der Waals surface area contributed by atoms with Crippen LogP contribution < -0.4 is 4.90 Å². The van der Waals surface area contributed by atoms with Crippen LogP contribution in [0.25, 0.3) is 33.3 Å². The Morgan fingerprint density at radius 3 is 2.34 bits per heavy atom. The summed E-state index contributed by atoms with van der Waals surface area (Å²) < 4.78 is 7.76. The second-order valence-electron chi connectivity index (χ2n) is 9.17. The maximum Gasteiger partial charge on any atom is 0.140 e. The van der Waals surface area contributed by atoms with Crippen LogP contribution in [0.1, 0.15) is 32.3 Å². The number of hydrogen-bond donors (Lipinski definition) is 0. The van der Waals surface area contributed by atoms with Crippen molar-refractivity contribution in [2.45, 2.75) is 32.3 Å². The van der Waals surface area contributed by atoms with Crippen molar-refractivity contribution in [2.75, 3.05) is 25.1 Å². The number of rotatable bonds is 5. The zero-order valence-electron chi connectivity index (χ0n) is 19.3. The van der Waals surface area contributed by atoms with Gasteiger partial charge in [-0.15, -0.1) is 0 Å². The third kappa shape index (κ3) is 3.67.